The second-order valence-corrected chi connectivity index (χ2v) is 4.44. The quantitative estimate of drug-likeness (QED) is 0.670. The van der Waals surface area contributed by atoms with Gasteiger partial charge in [0, 0.05) is 6.54 Å². The molecule has 4 heteroatoms. The van der Waals surface area contributed by atoms with Crippen LogP contribution >= 0.6 is 22.6 Å². The van der Waals surface area contributed by atoms with Crippen molar-refractivity contribution in [1.29, 1.82) is 0 Å². The highest BCUT2D eigenvalue weighted by Gasteiger charge is 2.09. The topological polar surface area (TPSA) is 48.1 Å². The van der Waals surface area contributed by atoms with E-state index in [1.165, 1.54) is 0 Å². The van der Waals surface area contributed by atoms with E-state index in [4.69, 9.17) is 10.5 Å². The standard InChI is InChI=1S/C11H17IN2O/c1-3-8(4-2)15-10-5-6-11(12)14-9(10)7-13/h5-6,8H,3-4,7,13H2,1-2H3. The lowest BCUT2D eigenvalue weighted by Gasteiger charge is -2.17. The first-order valence-corrected chi connectivity index (χ1v) is 6.31. The number of pyridine rings is 1. The SMILES string of the molecule is CCC(CC)Oc1ccc(I)nc1CN. The molecule has 0 aliphatic rings. The highest BCUT2D eigenvalue weighted by molar-refractivity contribution is 14.1. The minimum atomic E-state index is 0.261. The minimum Gasteiger partial charge on any atom is -0.488 e. The second-order valence-electron chi connectivity index (χ2n) is 3.34. The van der Waals surface area contributed by atoms with Crippen LogP contribution in [0.1, 0.15) is 32.4 Å². The van der Waals surface area contributed by atoms with Crippen molar-refractivity contribution in [2.24, 2.45) is 5.73 Å². The van der Waals surface area contributed by atoms with Gasteiger partial charge in [0.05, 0.1) is 11.8 Å². The third-order valence-corrected chi connectivity index (χ3v) is 2.90. The van der Waals surface area contributed by atoms with Gasteiger partial charge in [-0.05, 0) is 47.6 Å². The second kappa shape index (κ2) is 6.27. The molecule has 0 saturated heterocycles. The average Bonchev–Trinajstić information content (AvgIpc) is 2.27. The Kier molecular flexibility index (Phi) is 5.31. The van der Waals surface area contributed by atoms with Gasteiger partial charge in [0.1, 0.15) is 9.45 Å². The van der Waals surface area contributed by atoms with Gasteiger partial charge in [-0.3, -0.25) is 0 Å². The first-order chi connectivity index (χ1) is 7.21. The number of nitrogens with two attached hydrogens (primary N) is 1. The summed E-state index contributed by atoms with van der Waals surface area (Å²) in [6, 6.07) is 3.90. The smallest absolute Gasteiger partial charge is 0.142 e. The molecule has 0 unspecified atom stereocenters. The molecular weight excluding hydrogens is 303 g/mol. The van der Waals surface area contributed by atoms with Crippen molar-refractivity contribution in [2.75, 3.05) is 0 Å². The molecule has 0 bridgehead atoms. The third kappa shape index (κ3) is 3.61. The summed E-state index contributed by atoms with van der Waals surface area (Å²) in [5.74, 6) is 0.826. The summed E-state index contributed by atoms with van der Waals surface area (Å²) in [7, 11) is 0. The molecule has 0 saturated carbocycles. The fraction of sp³-hybridized carbons (Fsp3) is 0.545. The summed E-state index contributed by atoms with van der Waals surface area (Å²) in [6.45, 7) is 4.67. The van der Waals surface area contributed by atoms with Crippen molar-refractivity contribution in [3.8, 4) is 5.75 Å². The van der Waals surface area contributed by atoms with Gasteiger partial charge in [-0.2, -0.15) is 0 Å². The summed E-state index contributed by atoms with van der Waals surface area (Å²) in [5.41, 5.74) is 6.47. The largest absolute Gasteiger partial charge is 0.488 e. The van der Waals surface area contributed by atoms with Crippen LogP contribution in [0.5, 0.6) is 5.75 Å². The van der Waals surface area contributed by atoms with E-state index in [0.717, 1.165) is 28.0 Å². The van der Waals surface area contributed by atoms with Crippen LogP contribution in [0.25, 0.3) is 0 Å². The van der Waals surface area contributed by atoms with E-state index in [-0.39, 0.29) is 6.10 Å². The van der Waals surface area contributed by atoms with E-state index in [2.05, 4.69) is 41.4 Å². The number of halogens is 1. The van der Waals surface area contributed by atoms with Crippen molar-refractivity contribution < 1.29 is 4.74 Å². The Morgan fingerprint density at radius 2 is 2.07 bits per heavy atom. The maximum absolute atomic E-state index is 5.84. The lowest BCUT2D eigenvalue weighted by molar-refractivity contribution is 0.190. The molecule has 0 aliphatic carbocycles. The molecule has 0 aliphatic heterocycles. The fourth-order valence-electron chi connectivity index (χ4n) is 1.35. The van der Waals surface area contributed by atoms with Crippen LogP contribution in [0.4, 0.5) is 0 Å². The maximum Gasteiger partial charge on any atom is 0.142 e. The fourth-order valence-corrected chi connectivity index (χ4v) is 1.82. The molecule has 0 amide bonds. The van der Waals surface area contributed by atoms with E-state index in [9.17, 15) is 0 Å². The van der Waals surface area contributed by atoms with Gasteiger partial charge in [0.15, 0.2) is 0 Å². The molecule has 0 fully saturated rings. The van der Waals surface area contributed by atoms with Gasteiger partial charge in [0.25, 0.3) is 0 Å². The number of aromatic nitrogens is 1. The molecule has 1 rings (SSSR count). The third-order valence-electron chi connectivity index (χ3n) is 2.30. The van der Waals surface area contributed by atoms with Crippen molar-refractivity contribution in [1.82, 2.24) is 4.98 Å². The molecule has 1 heterocycles. The zero-order valence-electron chi connectivity index (χ0n) is 9.16. The van der Waals surface area contributed by atoms with Crippen LogP contribution in [0.3, 0.4) is 0 Å². The molecule has 0 atom stereocenters. The van der Waals surface area contributed by atoms with Crippen LogP contribution in [-0.2, 0) is 6.54 Å². The van der Waals surface area contributed by atoms with Gasteiger partial charge in [0.2, 0.25) is 0 Å². The number of hydrogen-bond acceptors (Lipinski definition) is 3. The van der Waals surface area contributed by atoms with Gasteiger partial charge < -0.3 is 10.5 Å². The molecule has 1 aromatic rings. The predicted octanol–water partition coefficient (Wildman–Crippen LogP) is 2.71. The Morgan fingerprint density at radius 3 is 2.60 bits per heavy atom. The van der Waals surface area contributed by atoms with Crippen LogP contribution in [0.15, 0.2) is 12.1 Å². The van der Waals surface area contributed by atoms with Gasteiger partial charge in [-0.15, -0.1) is 0 Å². The van der Waals surface area contributed by atoms with E-state index in [1.54, 1.807) is 0 Å². The maximum atomic E-state index is 5.84. The molecular formula is C11H17IN2O. The van der Waals surface area contributed by atoms with Crippen molar-refractivity contribution >= 4 is 22.6 Å². The number of hydrogen-bond donors (Lipinski definition) is 1. The first kappa shape index (κ1) is 12.7. The lowest BCUT2D eigenvalue weighted by atomic mass is 10.2. The number of nitrogens with zero attached hydrogens (tertiary/aromatic N) is 1. The number of ether oxygens (including phenoxy) is 1. The molecule has 0 aromatic carbocycles. The highest BCUT2D eigenvalue weighted by Crippen LogP contribution is 2.20. The Morgan fingerprint density at radius 1 is 1.40 bits per heavy atom. The van der Waals surface area contributed by atoms with Crippen LogP contribution < -0.4 is 10.5 Å². The van der Waals surface area contributed by atoms with Gasteiger partial charge in [-0.1, -0.05) is 13.8 Å². The van der Waals surface area contributed by atoms with Crippen LogP contribution in [-0.4, -0.2) is 11.1 Å². The summed E-state index contributed by atoms with van der Waals surface area (Å²) >= 11 is 2.18. The van der Waals surface area contributed by atoms with Gasteiger partial charge in [-0.25, -0.2) is 4.98 Å². The normalized spacial score (nSPS) is 10.7. The van der Waals surface area contributed by atoms with Crippen molar-refractivity contribution in [3.63, 3.8) is 0 Å². The monoisotopic (exact) mass is 320 g/mol. The molecule has 0 radical (unpaired) electrons. The Hall–Kier alpha value is -0.360. The van der Waals surface area contributed by atoms with Crippen LogP contribution in [0, 0.1) is 3.70 Å². The van der Waals surface area contributed by atoms with Crippen LogP contribution in [0.2, 0.25) is 0 Å². The molecule has 1 aromatic heterocycles. The summed E-state index contributed by atoms with van der Waals surface area (Å²) < 4.78 is 6.79. The van der Waals surface area contributed by atoms with Crippen molar-refractivity contribution in [2.45, 2.75) is 39.3 Å². The van der Waals surface area contributed by atoms with E-state index in [1.807, 2.05) is 12.1 Å². The Labute approximate surface area is 105 Å². The molecule has 3 nitrogen and oxygen atoms in total. The zero-order chi connectivity index (χ0) is 11.3. The van der Waals surface area contributed by atoms with Crippen molar-refractivity contribution in [3.05, 3.63) is 21.5 Å². The summed E-state index contributed by atoms with van der Waals surface area (Å²) in [6.07, 6.45) is 2.27. The van der Waals surface area contributed by atoms with Gasteiger partial charge >= 0.3 is 0 Å². The predicted molar refractivity (Wildman–Crippen MR) is 69.8 cm³/mol. The average molecular weight is 320 g/mol. The number of rotatable bonds is 5. The first-order valence-electron chi connectivity index (χ1n) is 5.23. The summed E-state index contributed by atoms with van der Waals surface area (Å²) in [4.78, 5) is 4.35. The molecule has 15 heavy (non-hydrogen) atoms. The van der Waals surface area contributed by atoms with E-state index in [0.29, 0.717) is 6.54 Å². The zero-order valence-corrected chi connectivity index (χ0v) is 11.3. The minimum absolute atomic E-state index is 0.261. The van der Waals surface area contributed by atoms with E-state index >= 15 is 0 Å². The Balaban J connectivity index is 2.83. The molecule has 2 N–H and O–H groups in total. The summed E-state index contributed by atoms with van der Waals surface area (Å²) in [5, 5.41) is 0. The van der Waals surface area contributed by atoms with E-state index < -0.39 is 0 Å². The molecule has 84 valence electrons. The Bertz CT molecular complexity index is 313. The lowest BCUT2D eigenvalue weighted by Crippen LogP contribution is -2.16. The highest BCUT2D eigenvalue weighted by atomic mass is 127. The molecule has 0 spiro atoms.